The lowest BCUT2D eigenvalue weighted by Crippen LogP contribution is -2.52. The molecule has 1 aromatic heterocycles. The molecule has 3 unspecified atom stereocenters. The number of aromatic nitrogens is 2. The van der Waals surface area contributed by atoms with E-state index in [1.807, 2.05) is 24.3 Å². The summed E-state index contributed by atoms with van der Waals surface area (Å²) in [6.07, 6.45) is 6.51. The third kappa shape index (κ3) is 5.42. The molecule has 2 N–H and O–H groups in total. The van der Waals surface area contributed by atoms with Crippen LogP contribution in [0, 0.1) is 0 Å². The zero-order valence-electron chi connectivity index (χ0n) is 26.8. The van der Waals surface area contributed by atoms with E-state index in [0.29, 0.717) is 44.3 Å². The molecule has 4 saturated heterocycles. The summed E-state index contributed by atoms with van der Waals surface area (Å²) in [5.74, 6) is 1.16. The second-order valence-electron chi connectivity index (χ2n) is 14.0. The minimum Gasteiger partial charge on any atom is -0.508 e. The molecule has 5 aliphatic rings. The maximum absolute atomic E-state index is 12.1. The van der Waals surface area contributed by atoms with E-state index in [0.717, 1.165) is 78.7 Å². The molecular formula is C35H44N6O5. The molecule has 2 aromatic carbocycles. The van der Waals surface area contributed by atoms with E-state index in [1.54, 1.807) is 20.2 Å². The number of nitrogens with zero attached hydrogens (tertiary/aromatic N) is 5. The van der Waals surface area contributed by atoms with E-state index in [9.17, 15) is 9.90 Å². The van der Waals surface area contributed by atoms with Crippen LogP contribution < -0.4 is 15.0 Å². The third-order valence-corrected chi connectivity index (χ3v) is 10.9. The van der Waals surface area contributed by atoms with Gasteiger partial charge in [-0.2, -0.15) is 9.97 Å². The zero-order valence-corrected chi connectivity index (χ0v) is 26.8. The molecule has 8 rings (SSSR count). The van der Waals surface area contributed by atoms with Crippen molar-refractivity contribution in [3.05, 3.63) is 53.2 Å². The Morgan fingerprint density at radius 1 is 1.13 bits per heavy atom. The molecule has 0 spiro atoms. The van der Waals surface area contributed by atoms with Gasteiger partial charge in [-0.3, -0.25) is 4.90 Å². The number of phenolic OH excluding ortho intramolecular Hbond substituents is 1. The Balaban J connectivity index is 1.07. The highest BCUT2D eigenvalue weighted by Gasteiger charge is 2.50. The quantitative estimate of drug-likeness (QED) is 0.396. The van der Waals surface area contributed by atoms with Crippen molar-refractivity contribution in [3.8, 4) is 11.8 Å². The predicted octanol–water partition coefficient (Wildman–Crippen LogP) is 4.16. The van der Waals surface area contributed by atoms with Gasteiger partial charge in [-0.25, -0.2) is 4.79 Å². The van der Waals surface area contributed by atoms with Gasteiger partial charge in [0.25, 0.3) is 0 Å². The Hall–Kier alpha value is -3.67. The molecular weight excluding hydrogens is 584 g/mol. The zero-order chi connectivity index (χ0) is 31.4. The van der Waals surface area contributed by atoms with Crippen LogP contribution in [0.15, 0.2) is 36.4 Å². The summed E-state index contributed by atoms with van der Waals surface area (Å²) in [5, 5.41) is 16.4. The van der Waals surface area contributed by atoms with Gasteiger partial charge in [0, 0.05) is 57.3 Å². The number of carbonyl (C=O) groups is 1. The van der Waals surface area contributed by atoms with E-state index in [1.165, 1.54) is 17.7 Å². The van der Waals surface area contributed by atoms with Gasteiger partial charge in [-0.05, 0) is 73.5 Å². The Morgan fingerprint density at radius 3 is 2.78 bits per heavy atom. The number of ether oxygens (including phenoxy) is 3. The van der Waals surface area contributed by atoms with Crippen molar-refractivity contribution in [2.24, 2.45) is 0 Å². The molecule has 1 amide bonds. The first-order chi connectivity index (χ1) is 22.3. The largest absolute Gasteiger partial charge is 0.508 e. The number of nitrogens with one attached hydrogen (secondary N) is 1. The van der Waals surface area contributed by atoms with Crippen LogP contribution in [0.3, 0.4) is 0 Å². The molecule has 2 bridgehead atoms. The fourth-order valence-corrected chi connectivity index (χ4v) is 8.60. The van der Waals surface area contributed by atoms with E-state index in [2.05, 4.69) is 21.2 Å². The van der Waals surface area contributed by atoms with Crippen LogP contribution in [-0.4, -0.2) is 102 Å². The van der Waals surface area contributed by atoms with E-state index < -0.39 is 0 Å². The van der Waals surface area contributed by atoms with Crippen LogP contribution in [-0.2, 0) is 22.5 Å². The molecule has 0 saturated carbocycles. The average Bonchev–Trinajstić information content (AvgIpc) is 3.74. The van der Waals surface area contributed by atoms with Gasteiger partial charge in [0.2, 0.25) is 0 Å². The van der Waals surface area contributed by atoms with Crippen molar-refractivity contribution in [1.29, 1.82) is 0 Å². The Morgan fingerprint density at radius 2 is 1.96 bits per heavy atom. The number of benzene rings is 2. The summed E-state index contributed by atoms with van der Waals surface area (Å²) in [4.78, 5) is 28.6. The number of fused-ring (bicyclic) bond motifs is 5. The predicted molar refractivity (Wildman–Crippen MR) is 173 cm³/mol. The van der Waals surface area contributed by atoms with Crippen LogP contribution in [0.1, 0.15) is 61.4 Å². The molecule has 11 heteroatoms. The van der Waals surface area contributed by atoms with Crippen LogP contribution >= 0.6 is 0 Å². The van der Waals surface area contributed by atoms with E-state index in [-0.39, 0.29) is 29.5 Å². The molecule has 3 aromatic rings. The summed E-state index contributed by atoms with van der Waals surface area (Å²) < 4.78 is 18.7. The molecule has 46 heavy (non-hydrogen) atoms. The summed E-state index contributed by atoms with van der Waals surface area (Å²) in [5.41, 5.74) is 2.86. The molecule has 4 fully saturated rings. The normalized spacial score (nSPS) is 28.7. The summed E-state index contributed by atoms with van der Waals surface area (Å²) in [6.45, 7) is 4.10. The summed E-state index contributed by atoms with van der Waals surface area (Å²) in [6, 6.07) is 13.3. The number of anilines is 1. The molecule has 0 radical (unpaired) electrons. The minimum atomic E-state index is -0.301. The number of amides is 1. The topological polar surface area (TPSA) is 113 Å². The highest BCUT2D eigenvalue weighted by atomic mass is 16.6. The van der Waals surface area contributed by atoms with Gasteiger partial charge >= 0.3 is 12.1 Å². The first-order valence-corrected chi connectivity index (χ1v) is 16.8. The fraction of sp³-hybridized carbons (Fsp3) is 0.571. The van der Waals surface area contributed by atoms with Gasteiger partial charge < -0.3 is 34.4 Å². The van der Waals surface area contributed by atoms with E-state index >= 15 is 0 Å². The van der Waals surface area contributed by atoms with Gasteiger partial charge in [0.15, 0.2) is 0 Å². The lowest BCUT2D eigenvalue weighted by Gasteiger charge is -2.37. The van der Waals surface area contributed by atoms with Crippen LogP contribution in [0.4, 0.5) is 10.6 Å². The van der Waals surface area contributed by atoms with Crippen molar-refractivity contribution in [2.45, 2.75) is 81.3 Å². The molecule has 0 aliphatic carbocycles. The maximum atomic E-state index is 12.1. The number of phenols is 1. The fourth-order valence-electron chi connectivity index (χ4n) is 8.60. The molecule has 6 heterocycles. The highest BCUT2D eigenvalue weighted by Crippen LogP contribution is 2.44. The molecule has 5 atom stereocenters. The van der Waals surface area contributed by atoms with E-state index in [4.69, 9.17) is 24.2 Å². The van der Waals surface area contributed by atoms with Gasteiger partial charge in [0.05, 0.1) is 23.9 Å². The van der Waals surface area contributed by atoms with Crippen molar-refractivity contribution in [1.82, 2.24) is 25.1 Å². The molecule has 5 aliphatic heterocycles. The number of carbonyl (C=O) groups excluding carboxylic acids is 1. The maximum Gasteiger partial charge on any atom is 0.409 e. The highest BCUT2D eigenvalue weighted by molar-refractivity contribution is 5.87. The third-order valence-electron chi connectivity index (χ3n) is 10.9. The SMILES string of the molecule is CN(C)C(=O)OC[C@H]1CC[C@@]2(COc3nc4c(c(N5CC6CCC(C5)N6)n3)COC(c3cc(O)cc5ccccc35)C4)CCCN12. The average molecular weight is 629 g/mol. The number of hydrogen-bond acceptors (Lipinski definition) is 10. The first-order valence-electron chi connectivity index (χ1n) is 16.8. The van der Waals surface area contributed by atoms with Crippen molar-refractivity contribution in [2.75, 3.05) is 51.8 Å². The van der Waals surface area contributed by atoms with Crippen molar-refractivity contribution >= 4 is 22.7 Å². The Labute approximate surface area is 269 Å². The number of hydrogen-bond donors (Lipinski definition) is 2. The monoisotopic (exact) mass is 628 g/mol. The van der Waals surface area contributed by atoms with Crippen LogP contribution in [0.25, 0.3) is 10.8 Å². The van der Waals surface area contributed by atoms with Crippen molar-refractivity contribution < 1.29 is 24.1 Å². The number of aromatic hydroxyl groups is 1. The Bertz CT molecular complexity index is 1620. The molecule has 244 valence electrons. The van der Waals surface area contributed by atoms with Gasteiger partial charge in [0.1, 0.15) is 24.8 Å². The van der Waals surface area contributed by atoms with Crippen LogP contribution in [0.5, 0.6) is 11.8 Å². The lowest BCUT2D eigenvalue weighted by atomic mass is 9.94. The van der Waals surface area contributed by atoms with Gasteiger partial charge in [-0.15, -0.1) is 0 Å². The summed E-state index contributed by atoms with van der Waals surface area (Å²) >= 11 is 0. The molecule has 11 nitrogen and oxygen atoms in total. The smallest absolute Gasteiger partial charge is 0.409 e. The first kappa shape index (κ1) is 29.7. The number of rotatable bonds is 7. The second kappa shape index (κ2) is 11.8. The van der Waals surface area contributed by atoms with Gasteiger partial charge in [-0.1, -0.05) is 24.3 Å². The van der Waals surface area contributed by atoms with Crippen LogP contribution in [0.2, 0.25) is 0 Å². The summed E-state index contributed by atoms with van der Waals surface area (Å²) in [7, 11) is 3.42. The lowest BCUT2D eigenvalue weighted by molar-refractivity contribution is 0.0258. The minimum absolute atomic E-state index is 0.102. The second-order valence-corrected chi connectivity index (χ2v) is 14.0. The Kier molecular flexibility index (Phi) is 7.65. The number of piperazine rings is 1. The van der Waals surface area contributed by atoms with Crippen molar-refractivity contribution in [3.63, 3.8) is 0 Å². The standard InChI is InChI=1S/C35H44N6O5/c1-39(2)34(43)45-19-25-10-12-35(11-5-13-41(25)35)21-46-33-37-30-16-31(28-15-26(42)14-22-6-3-4-7-27(22)28)44-20-29(30)32(38-33)40-17-23-8-9-24(18-40)36-23/h3-4,6-7,14-15,23-25,31,36,42H,5,8-13,16-21H2,1-2H3/t23?,24?,25-,31?,35-/m1/s1.